The summed E-state index contributed by atoms with van der Waals surface area (Å²) >= 11 is 0.707. The van der Waals surface area contributed by atoms with Crippen LogP contribution in [0.25, 0.3) is 10.4 Å². The molecular weight excluding hydrogens is 507 g/mol. The number of esters is 1. The number of likely N-dealkylation sites (tertiary alicyclic amines) is 1. The maximum Gasteiger partial charge on any atom is 0.408 e. The summed E-state index contributed by atoms with van der Waals surface area (Å²) in [5.74, 6) is -1.71. The molecule has 0 aliphatic carbocycles. The zero-order valence-electron chi connectivity index (χ0n) is 20.0. The molecule has 0 aromatic carbocycles. The molecule has 0 spiro atoms. The Kier molecular flexibility index (Phi) is 8.85. The van der Waals surface area contributed by atoms with Crippen molar-refractivity contribution >= 4 is 29.0 Å². The molecule has 13 heteroatoms. The van der Waals surface area contributed by atoms with Crippen molar-refractivity contribution in [1.82, 2.24) is 14.9 Å². The number of ether oxygens (including phenoxy) is 1. The average molecular weight is 535 g/mol. The van der Waals surface area contributed by atoms with E-state index < -0.39 is 36.1 Å². The summed E-state index contributed by atoms with van der Waals surface area (Å²) in [7, 11) is 0. The highest BCUT2D eigenvalue weighted by Crippen LogP contribution is 2.39. The van der Waals surface area contributed by atoms with Gasteiger partial charge in [-0.05, 0) is 45.6 Å². The van der Waals surface area contributed by atoms with Crippen molar-refractivity contribution in [3.05, 3.63) is 28.5 Å². The summed E-state index contributed by atoms with van der Waals surface area (Å²) in [5, 5.41) is 1.96. The zero-order chi connectivity index (χ0) is 26.6. The largest absolute Gasteiger partial charge is 0.461 e. The Balaban J connectivity index is 2.09. The highest BCUT2D eigenvalue weighted by molar-refractivity contribution is 7.17. The fraction of sp³-hybridized carbons (Fsp3) is 0.565. The van der Waals surface area contributed by atoms with Gasteiger partial charge >= 0.3 is 12.1 Å². The topological polar surface area (TPSA) is 84.4 Å². The number of hydrogen-bond acceptors (Lipinski definition) is 7. The maximum absolute atomic E-state index is 14.1. The summed E-state index contributed by atoms with van der Waals surface area (Å²) in [5.41, 5.74) is -1.01. The molecule has 3 heterocycles. The van der Waals surface area contributed by atoms with Gasteiger partial charge in [0.05, 0.1) is 11.5 Å². The first-order valence-electron chi connectivity index (χ1n) is 11.6. The first-order chi connectivity index (χ1) is 17.0. The number of anilines is 1. The number of aromatic nitrogens is 2. The van der Waals surface area contributed by atoms with Gasteiger partial charge in [-0.1, -0.05) is 6.92 Å². The van der Waals surface area contributed by atoms with Crippen LogP contribution < -0.4 is 5.32 Å². The summed E-state index contributed by atoms with van der Waals surface area (Å²) in [6, 6.07) is -1.26. The zero-order valence-corrected chi connectivity index (χ0v) is 20.8. The molecule has 7 nitrogen and oxygen atoms in total. The number of halogens is 5. The molecule has 0 bridgehead atoms. The molecule has 2 aromatic heterocycles. The minimum Gasteiger partial charge on any atom is -0.461 e. The normalized spacial score (nSPS) is 17.2. The molecular formula is C23H27F5N4O3S. The van der Waals surface area contributed by atoms with Gasteiger partial charge in [-0.25, -0.2) is 23.5 Å². The Bertz CT molecular complexity index is 1090. The molecule has 2 atom stereocenters. The van der Waals surface area contributed by atoms with E-state index in [2.05, 4.69) is 15.3 Å². The van der Waals surface area contributed by atoms with Crippen LogP contribution in [0.5, 0.6) is 0 Å². The van der Waals surface area contributed by atoms with E-state index in [1.165, 1.54) is 6.92 Å². The van der Waals surface area contributed by atoms with E-state index in [1.54, 1.807) is 11.8 Å². The van der Waals surface area contributed by atoms with E-state index in [4.69, 9.17) is 4.74 Å². The Hall–Kier alpha value is -2.83. The third-order valence-electron chi connectivity index (χ3n) is 5.88. The number of piperidine rings is 1. The van der Waals surface area contributed by atoms with Crippen LogP contribution in [0, 0.1) is 0 Å². The fourth-order valence-electron chi connectivity index (χ4n) is 3.98. The Morgan fingerprint density at radius 1 is 1.28 bits per heavy atom. The van der Waals surface area contributed by atoms with Crippen LogP contribution >= 0.6 is 11.3 Å². The van der Waals surface area contributed by atoms with Crippen LogP contribution in [0.3, 0.4) is 0 Å². The second-order valence-electron chi connectivity index (χ2n) is 8.36. The third kappa shape index (κ3) is 6.11. The molecule has 0 saturated carbocycles. The smallest absolute Gasteiger partial charge is 0.408 e. The van der Waals surface area contributed by atoms with E-state index in [1.807, 2.05) is 6.92 Å². The van der Waals surface area contributed by atoms with Gasteiger partial charge in [0.2, 0.25) is 5.01 Å². The summed E-state index contributed by atoms with van der Waals surface area (Å²) in [6.45, 7) is 5.25. The number of alkyl halides is 5. The van der Waals surface area contributed by atoms with Crippen molar-refractivity contribution < 1.29 is 36.3 Å². The SMILES string of the molecule is CCOC(=O)c1nc(C(=O)N2CCCCC2C)c(-c2cnc(NC(CC)C(F)(F)F)cc2C(F)F)s1. The Morgan fingerprint density at radius 3 is 2.58 bits per heavy atom. The van der Waals surface area contributed by atoms with Crippen LogP contribution in [-0.2, 0) is 4.74 Å². The van der Waals surface area contributed by atoms with Gasteiger partial charge < -0.3 is 15.0 Å². The molecule has 1 amide bonds. The number of hydrogen-bond donors (Lipinski definition) is 1. The molecule has 1 saturated heterocycles. The van der Waals surface area contributed by atoms with Gasteiger partial charge in [0.1, 0.15) is 17.6 Å². The lowest BCUT2D eigenvalue weighted by Gasteiger charge is -2.33. The lowest BCUT2D eigenvalue weighted by Crippen LogP contribution is -2.42. The average Bonchev–Trinajstić information content (AvgIpc) is 3.27. The highest BCUT2D eigenvalue weighted by atomic mass is 32.1. The maximum atomic E-state index is 14.1. The van der Waals surface area contributed by atoms with Gasteiger partial charge in [0, 0.05) is 29.9 Å². The third-order valence-corrected chi connectivity index (χ3v) is 6.95. The molecule has 2 aromatic rings. The quantitative estimate of drug-likeness (QED) is 0.326. The minimum atomic E-state index is -4.60. The first-order valence-corrected chi connectivity index (χ1v) is 12.4. The lowest BCUT2D eigenvalue weighted by atomic mass is 10.0. The Labute approximate surface area is 209 Å². The summed E-state index contributed by atoms with van der Waals surface area (Å²) in [4.78, 5) is 35.4. The number of rotatable bonds is 8. The van der Waals surface area contributed by atoms with Gasteiger partial charge in [0.15, 0.2) is 0 Å². The van der Waals surface area contributed by atoms with Crippen molar-refractivity contribution in [2.75, 3.05) is 18.5 Å². The second kappa shape index (κ2) is 11.5. The fourth-order valence-corrected chi connectivity index (χ4v) is 4.96. The van der Waals surface area contributed by atoms with E-state index in [0.717, 1.165) is 31.5 Å². The first kappa shape index (κ1) is 27.8. The number of carbonyl (C=O) groups excluding carboxylic acids is 2. The van der Waals surface area contributed by atoms with Gasteiger partial charge in [-0.15, -0.1) is 11.3 Å². The molecule has 3 rings (SSSR count). The summed E-state index contributed by atoms with van der Waals surface area (Å²) < 4.78 is 72.7. The summed E-state index contributed by atoms with van der Waals surface area (Å²) in [6.07, 6.45) is -4.59. The van der Waals surface area contributed by atoms with Crippen LogP contribution in [0.2, 0.25) is 0 Å². The molecule has 1 N–H and O–H groups in total. The number of thiazole rings is 1. The van der Waals surface area contributed by atoms with Crippen LogP contribution in [0.1, 0.15) is 78.7 Å². The van der Waals surface area contributed by atoms with Crippen molar-refractivity contribution in [1.29, 1.82) is 0 Å². The lowest BCUT2D eigenvalue weighted by molar-refractivity contribution is -0.142. The standard InChI is InChI=1S/C23H27F5N4O3S/c1-4-15(23(26,27)28)30-16-10-13(19(24)25)14(11-29-16)18-17(31-20(36-18)22(34)35-5-2)21(33)32-9-7-6-8-12(32)3/h10-12,15,19H,4-9H2,1-3H3,(H,29,30). The second-order valence-corrected chi connectivity index (χ2v) is 9.36. The van der Waals surface area contributed by atoms with Crippen molar-refractivity contribution in [2.45, 2.75) is 71.1 Å². The predicted octanol–water partition coefficient (Wildman–Crippen LogP) is 6.09. The monoisotopic (exact) mass is 534 g/mol. The predicted molar refractivity (Wildman–Crippen MR) is 124 cm³/mol. The van der Waals surface area contributed by atoms with Gasteiger partial charge in [-0.2, -0.15) is 13.2 Å². The van der Waals surface area contributed by atoms with Crippen LogP contribution in [-0.4, -0.2) is 58.2 Å². The van der Waals surface area contributed by atoms with Gasteiger partial charge in [-0.3, -0.25) is 4.79 Å². The molecule has 1 aliphatic heterocycles. The minimum absolute atomic E-state index is 0.0157. The van der Waals surface area contributed by atoms with Crippen molar-refractivity contribution in [3.8, 4) is 10.4 Å². The van der Waals surface area contributed by atoms with E-state index in [9.17, 15) is 31.5 Å². The molecule has 0 radical (unpaired) electrons. The molecule has 1 aliphatic rings. The number of nitrogens with zero attached hydrogens (tertiary/aromatic N) is 3. The number of nitrogens with one attached hydrogen (secondary N) is 1. The van der Waals surface area contributed by atoms with Crippen LogP contribution in [0.15, 0.2) is 12.3 Å². The van der Waals surface area contributed by atoms with Gasteiger partial charge in [0.25, 0.3) is 12.3 Å². The van der Waals surface area contributed by atoms with E-state index in [-0.39, 0.29) is 46.0 Å². The number of amides is 1. The molecule has 36 heavy (non-hydrogen) atoms. The van der Waals surface area contributed by atoms with Crippen molar-refractivity contribution in [3.63, 3.8) is 0 Å². The van der Waals surface area contributed by atoms with Crippen molar-refractivity contribution in [2.24, 2.45) is 0 Å². The Morgan fingerprint density at radius 2 is 2.00 bits per heavy atom. The number of carbonyl (C=O) groups is 2. The molecule has 2 unspecified atom stereocenters. The number of pyridine rings is 1. The van der Waals surface area contributed by atoms with E-state index >= 15 is 0 Å². The molecule has 198 valence electrons. The van der Waals surface area contributed by atoms with E-state index in [0.29, 0.717) is 17.9 Å². The highest BCUT2D eigenvalue weighted by Gasteiger charge is 2.39. The molecule has 1 fully saturated rings. The van der Waals surface area contributed by atoms with Crippen LogP contribution in [0.4, 0.5) is 27.8 Å².